The number of Topliss-reactive ketones (excluding diaryl/α,β-unsaturated/α-hetero) is 1. The van der Waals surface area contributed by atoms with E-state index in [-0.39, 0.29) is 17.9 Å². The number of pyridine rings is 1. The summed E-state index contributed by atoms with van der Waals surface area (Å²) in [5, 5.41) is 0.903. The number of ketones is 1. The highest BCUT2D eigenvalue weighted by Gasteiger charge is 2.14. The van der Waals surface area contributed by atoms with Crippen LogP contribution in [-0.4, -0.2) is 10.8 Å². The second kappa shape index (κ2) is 5.83. The number of rotatable bonds is 3. The molecule has 18 heavy (non-hydrogen) atoms. The number of aromatic nitrogens is 1. The molecule has 5 heteroatoms. The molecule has 0 aliphatic carbocycles. The second-order valence-corrected chi connectivity index (χ2v) is 5.40. The lowest BCUT2D eigenvalue weighted by atomic mass is 10.1. The van der Waals surface area contributed by atoms with Crippen molar-refractivity contribution in [2.24, 2.45) is 0 Å². The monoisotopic (exact) mass is 343 g/mol. The van der Waals surface area contributed by atoms with E-state index in [1.54, 1.807) is 30.5 Å². The molecular weight excluding hydrogens is 337 g/mol. The SMILES string of the molecule is O=C(Cc1ccc(Br)cc1Cl)c1ncccc1Cl. The van der Waals surface area contributed by atoms with E-state index in [2.05, 4.69) is 20.9 Å². The molecule has 0 saturated heterocycles. The van der Waals surface area contributed by atoms with Crippen LogP contribution in [0.1, 0.15) is 16.1 Å². The number of hydrogen-bond acceptors (Lipinski definition) is 2. The van der Waals surface area contributed by atoms with E-state index in [4.69, 9.17) is 23.2 Å². The highest BCUT2D eigenvalue weighted by atomic mass is 79.9. The zero-order chi connectivity index (χ0) is 13.1. The zero-order valence-electron chi connectivity index (χ0n) is 9.16. The average Bonchev–Trinajstić information content (AvgIpc) is 2.33. The Balaban J connectivity index is 2.24. The van der Waals surface area contributed by atoms with Crippen LogP contribution in [0.4, 0.5) is 0 Å². The number of hydrogen-bond donors (Lipinski definition) is 0. The van der Waals surface area contributed by atoms with Gasteiger partial charge in [-0.1, -0.05) is 45.2 Å². The summed E-state index contributed by atoms with van der Waals surface area (Å²) in [4.78, 5) is 16.0. The fourth-order valence-corrected chi connectivity index (χ4v) is 2.48. The molecule has 0 bridgehead atoms. The van der Waals surface area contributed by atoms with Crippen molar-refractivity contribution in [3.8, 4) is 0 Å². The third kappa shape index (κ3) is 3.10. The molecule has 2 nitrogen and oxygen atoms in total. The summed E-state index contributed by atoms with van der Waals surface area (Å²) in [7, 11) is 0. The van der Waals surface area contributed by atoms with E-state index in [9.17, 15) is 4.79 Å². The first kappa shape index (κ1) is 13.5. The van der Waals surface area contributed by atoms with Crippen molar-refractivity contribution in [2.75, 3.05) is 0 Å². The van der Waals surface area contributed by atoms with Crippen molar-refractivity contribution in [3.63, 3.8) is 0 Å². The van der Waals surface area contributed by atoms with Gasteiger partial charge in [-0.3, -0.25) is 9.78 Å². The molecule has 2 aromatic rings. The van der Waals surface area contributed by atoms with E-state index in [0.717, 1.165) is 10.0 Å². The molecule has 0 aliphatic rings. The Morgan fingerprint density at radius 1 is 1.22 bits per heavy atom. The summed E-state index contributed by atoms with van der Waals surface area (Å²) in [6.45, 7) is 0. The van der Waals surface area contributed by atoms with E-state index >= 15 is 0 Å². The lowest BCUT2D eigenvalue weighted by Crippen LogP contribution is -2.07. The van der Waals surface area contributed by atoms with Crippen LogP contribution >= 0.6 is 39.1 Å². The third-order valence-corrected chi connectivity index (χ3v) is 3.54. The Bertz CT molecular complexity index is 601. The van der Waals surface area contributed by atoms with Crippen molar-refractivity contribution < 1.29 is 4.79 Å². The van der Waals surface area contributed by atoms with Gasteiger partial charge in [0.15, 0.2) is 5.78 Å². The molecule has 0 aliphatic heterocycles. The van der Waals surface area contributed by atoms with Gasteiger partial charge in [-0.15, -0.1) is 0 Å². The number of carbonyl (C=O) groups excluding carboxylic acids is 1. The van der Waals surface area contributed by atoms with Gasteiger partial charge in [0.1, 0.15) is 5.69 Å². The molecule has 1 heterocycles. The van der Waals surface area contributed by atoms with E-state index < -0.39 is 0 Å². The average molecular weight is 345 g/mol. The van der Waals surface area contributed by atoms with Gasteiger partial charge in [0, 0.05) is 22.1 Å². The maximum atomic E-state index is 12.1. The van der Waals surface area contributed by atoms with E-state index in [0.29, 0.717) is 10.0 Å². The topological polar surface area (TPSA) is 30.0 Å². The van der Waals surface area contributed by atoms with Crippen molar-refractivity contribution >= 4 is 44.9 Å². The number of benzene rings is 1. The maximum absolute atomic E-state index is 12.1. The second-order valence-electron chi connectivity index (χ2n) is 3.67. The third-order valence-electron chi connectivity index (χ3n) is 2.39. The molecule has 0 spiro atoms. The Morgan fingerprint density at radius 3 is 2.67 bits per heavy atom. The first-order chi connectivity index (χ1) is 8.58. The largest absolute Gasteiger partial charge is 0.292 e. The smallest absolute Gasteiger partial charge is 0.187 e. The Kier molecular flexibility index (Phi) is 4.38. The van der Waals surface area contributed by atoms with Crippen LogP contribution in [0.15, 0.2) is 41.0 Å². The Labute approximate surface area is 123 Å². The first-order valence-corrected chi connectivity index (χ1v) is 6.70. The van der Waals surface area contributed by atoms with Crippen molar-refractivity contribution in [1.29, 1.82) is 0 Å². The quantitative estimate of drug-likeness (QED) is 0.763. The minimum atomic E-state index is -0.148. The van der Waals surface area contributed by atoms with E-state index in [1.165, 1.54) is 0 Å². The molecule has 0 N–H and O–H groups in total. The molecule has 0 unspecified atom stereocenters. The highest BCUT2D eigenvalue weighted by Crippen LogP contribution is 2.23. The lowest BCUT2D eigenvalue weighted by molar-refractivity contribution is 0.0988. The molecular formula is C13H8BrCl2NO. The van der Waals surface area contributed by atoms with Gasteiger partial charge in [-0.05, 0) is 29.8 Å². The summed E-state index contributed by atoms with van der Waals surface area (Å²) in [6.07, 6.45) is 1.73. The number of halogens is 3. The molecule has 0 saturated carbocycles. The molecule has 0 radical (unpaired) electrons. The van der Waals surface area contributed by atoms with Crippen LogP contribution in [0.5, 0.6) is 0 Å². The molecule has 92 valence electrons. The van der Waals surface area contributed by atoms with Crippen LogP contribution in [0.3, 0.4) is 0 Å². The van der Waals surface area contributed by atoms with Crippen molar-refractivity contribution in [3.05, 3.63) is 62.3 Å². The van der Waals surface area contributed by atoms with Gasteiger partial charge >= 0.3 is 0 Å². The number of carbonyl (C=O) groups is 1. The fourth-order valence-electron chi connectivity index (χ4n) is 1.51. The maximum Gasteiger partial charge on any atom is 0.187 e. The first-order valence-electron chi connectivity index (χ1n) is 5.15. The summed E-state index contributed by atoms with van der Waals surface area (Å²) in [6, 6.07) is 8.73. The fraction of sp³-hybridized carbons (Fsp3) is 0.0769. The Morgan fingerprint density at radius 2 is 2.00 bits per heavy atom. The van der Waals surface area contributed by atoms with Crippen LogP contribution in [0, 0.1) is 0 Å². The molecule has 0 fully saturated rings. The molecule has 1 aromatic heterocycles. The highest BCUT2D eigenvalue weighted by molar-refractivity contribution is 9.10. The van der Waals surface area contributed by atoms with Gasteiger partial charge in [-0.2, -0.15) is 0 Å². The molecule has 2 rings (SSSR count). The van der Waals surface area contributed by atoms with Crippen LogP contribution in [-0.2, 0) is 6.42 Å². The molecule has 0 atom stereocenters. The van der Waals surface area contributed by atoms with Crippen molar-refractivity contribution in [2.45, 2.75) is 6.42 Å². The van der Waals surface area contributed by atoms with Crippen LogP contribution < -0.4 is 0 Å². The summed E-state index contributed by atoms with van der Waals surface area (Å²) in [5.41, 5.74) is 1.03. The predicted octanol–water partition coefficient (Wildman–Crippen LogP) is 4.58. The van der Waals surface area contributed by atoms with Gasteiger partial charge in [0.2, 0.25) is 0 Å². The van der Waals surface area contributed by atoms with Crippen LogP contribution in [0.25, 0.3) is 0 Å². The van der Waals surface area contributed by atoms with Crippen molar-refractivity contribution in [1.82, 2.24) is 4.98 Å². The minimum Gasteiger partial charge on any atom is -0.292 e. The molecule has 0 amide bonds. The lowest BCUT2D eigenvalue weighted by Gasteiger charge is -2.05. The zero-order valence-corrected chi connectivity index (χ0v) is 12.3. The molecule has 1 aromatic carbocycles. The van der Waals surface area contributed by atoms with Gasteiger partial charge in [0.05, 0.1) is 5.02 Å². The number of nitrogens with zero attached hydrogens (tertiary/aromatic N) is 1. The van der Waals surface area contributed by atoms with Crippen LogP contribution in [0.2, 0.25) is 10.0 Å². The summed E-state index contributed by atoms with van der Waals surface area (Å²) in [5.74, 6) is -0.148. The van der Waals surface area contributed by atoms with Gasteiger partial charge < -0.3 is 0 Å². The minimum absolute atomic E-state index is 0.148. The van der Waals surface area contributed by atoms with E-state index in [1.807, 2.05) is 6.07 Å². The Hall–Kier alpha value is -0.900. The summed E-state index contributed by atoms with van der Waals surface area (Å²) < 4.78 is 0.875. The van der Waals surface area contributed by atoms with Gasteiger partial charge in [-0.25, -0.2) is 0 Å². The normalized spacial score (nSPS) is 10.4. The summed E-state index contributed by atoms with van der Waals surface area (Å²) >= 11 is 15.3. The predicted molar refractivity (Wildman–Crippen MR) is 76.4 cm³/mol. The van der Waals surface area contributed by atoms with Gasteiger partial charge in [0.25, 0.3) is 0 Å². The standard InChI is InChI=1S/C13H8BrCl2NO/c14-9-4-3-8(11(16)7-9)6-12(18)13-10(15)2-1-5-17-13/h1-5,7H,6H2.